The van der Waals surface area contributed by atoms with E-state index < -0.39 is 5.97 Å². The van der Waals surface area contributed by atoms with Gasteiger partial charge in [0.2, 0.25) is 0 Å². The van der Waals surface area contributed by atoms with E-state index in [1.807, 2.05) is 24.3 Å². The number of nitrogens with one attached hydrogen (secondary N) is 1. The summed E-state index contributed by atoms with van der Waals surface area (Å²) in [5.41, 5.74) is 2.32. The molecule has 0 aliphatic rings. The SMILES string of the molecule is CCCOc1ccc(CNc2ccc(C(=O)O)cc2)cc1. The van der Waals surface area contributed by atoms with Crippen LogP contribution in [0.2, 0.25) is 0 Å². The van der Waals surface area contributed by atoms with Crippen LogP contribution in [0.15, 0.2) is 48.5 Å². The molecular formula is C17H19NO3. The number of benzene rings is 2. The molecule has 21 heavy (non-hydrogen) atoms. The van der Waals surface area contributed by atoms with Gasteiger partial charge in [0.1, 0.15) is 5.75 Å². The molecule has 0 spiro atoms. The van der Waals surface area contributed by atoms with Gasteiger partial charge in [-0.05, 0) is 48.4 Å². The summed E-state index contributed by atoms with van der Waals surface area (Å²) < 4.78 is 5.53. The Morgan fingerprint density at radius 2 is 1.76 bits per heavy atom. The molecule has 4 heteroatoms. The maximum absolute atomic E-state index is 10.8. The maximum Gasteiger partial charge on any atom is 0.335 e. The zero-order valence-corrected chi connectivity index (χ0v) is 12.0. The van der Waals surface area contributed by atoms with E-state index in [0.717, 1.165) is 30.0 Å². The molecule has 0 heterocycles. The van der Waals surface area contributed by atoms with Crippen LogP contribution >= 0.6 is 0 Å². The first-order valence-electron chi connectivity index (χ1n) is 6.98. The predicted molar refractivity (Wildman–Crippen MR) is 83.0 cm³/mol. The Hall–Kier alpha value is -2.49. The molecule has 0 saturated carbocycles. The molecule has 0 fully saturated rings. The minimum absolute atomic E-state index is 0.290. The fraction of sp³-hybridized carbons (Fsp3) is 0.235. The Morgan fingerprint density at radius 3 is 2.33 bits per heavy atom. The average Bonchev–Trinajstić information content (AvgIpc) is 2.52. The molecular weight excluding hydrogens is 266 g/mol. The third-order valence-electron chi connectivity index (χ3n) is 3.02. The number of carboxylic acids is 1. The highest BCUT2D eigenvalue weighted by Crippen LogP contribution is 2.15. The first-order valence-corrected chi connectivity index (χ1v) is 6.98. The van der Waals surface area contributed by atoms with Crippen LogP contribution in [0, 0.1) is 0 Å². The van der Waals surface area contributed by atoms with Gasteiger partial charge in [-0.1, -0.05) is 19.1 Å². The molecule has 2 N–H and O–H groups in total. The van der Waals surface area contributed by atoms with E-state index in [2.05, 4.69) is 12.2 Å². The van der Waals surface area contributed by atoms with Gasteiger partial charge in [0.15, 0.2) is 0 Å². The Bertz CT molecular complexity index is 576. The van der Waals surface area contributed by atoms with E-state index in [0.29, 0.717) is 6.54 Å². The van der Waals surface area contributed by atoms with Crippen molar-refractivity contribution in [1.29, 1.82) is 0 Å². The first-order chi connectivity index (χ1) is 10.2. The zero-order valence-electron chi connectivity index (χ0n) is 12.0. The van der Waals surface area contributed by atoms with Crippen LogP contribution in [0.1, 0.15) is 29.3 Å². The monoisotopic (exact) mass is 285 g/mol. The Labute approximate surface area is 124 Å². The number of hydrogen-bond acceptors (Lipinski definition) is 3. The smallest absolute Gasteiger partial charge is 0.335 e. The normalized spacial score (nSPS) is 10.1. The largest absolute Gasteiger partial charge is 0.494 e. The third kappa shape index (κ3) is 4.53. The second-order valence-electron chi connectivity index (χ2n) is 4.73. The van der Waals surface area contributed by atoms with Crippen molar-refractivity contribution in [2.45, 2.75) is 19.9 Å². The highest BCUT2D eigenvalue weighted by atomic mass is 16.5. The number of anilines is 1. The van der Waals surface area contributed by atoms with Crippen molar-refractivity contribution >= 4 is 11.7 Å². The van der Waals surface area contributed by atoms with Crippen molar-refractivity contribution in [3.05, 3.63) is 59.7 Å². The van der Waals surface area contributed by atoms with Crippen LogP contribution in [0.3, 0.4) is 0 Å². The highest BCUT2D eigenvalue weighted by molar-refractivity contribution is 5.87. The minimum Gasteiger partial charge on any atom is -0.494 e. The van der Waals surface area contributed by atoms with Gasteiger partial charge in [-0.25, -0.2) is 4.79 Å². The Kier molecular flexibility index (Phi) is 5.21. The lowest BCUT2D eigenvalue weighted by Gasteiger charge is -2.08. The topological polar surface area (TPSA) is 58.6 Å². The van der Waals surface area contributed by atoms with Gasteiger partial charge in [0.25, 0.3) is 0 Å². The van der Waals surface area contributed by atoms with Crippen LogP contribution in [0.5, 0.6) is 5.75 Å². The summed E-state index contributed by atoms with van der Waals surface area (Å²) in [4.78, 5) is 10.8. The summed E-state index contributed by atoms with van der Waals surface area (Å²) in [7, 11) is 0. The quantitative estimate of drug-likeness (QED) is 0.812. The van der Waals surface area contributed by atoms with Crippen molar-refractivity contribution < 1.29 is 14.6 Å². The summed E-state index contributed by atoms with van der Waals surface area (Å²) in [5, 5.41) is 12.1. The summed E-state index contributed by atoms with van der Waals surface area (Å²) >= 11 is 0. The third-order valence-corrected chi connectivity index (χ3v) is 3.02. The molecule has 0 saturated heterocycles. The number of ether oxygens (including phenoxy) is 1. The van der Waals surface area contributed by atoms with E-state index >= 15 is 0 Å². The lowest BCUT2D eigenvalue weighted by molar-refractivity contribution is 0.0697. The Morgan fingerprint density at radius 1 is 1.10 bits per heavy atom. The van der Waals surface area contributed by atoms with E-state index in [9.17, 15) is 4.79 Å². The lowest BCUT2D eigenvalue weighted by Crippen LogP contribution is -2.01. The van der Waals surface area contributed by atoms with Crippen LogP contribution in [-0.2, 0) is 6.54 Å². The van der Waals surface area contributed by atoms with Gasteiger partial charge in [0.05, 0.1) is 12.2 Å². The molecule has 0 amide bonds. The molecule has 4 nitrogen and oxygen atoms in total. The zero-order chi connectivity index (χ0) is 15.1. The lowest BCUT2D eigenvalue weighted by atomic mass is 10.2. The molecule has 0 radical (unpaired) electrons. The van der Waals surface area contributed by atoms with E-state index in [1.165, 1.54) is 0 Å². The van der Waals surface area contributed by atoms with Crippen molar-refractivity contribution in [3.8, 4) is 5.75 Å². The van der Waals surface area contributed by atoms with E-state index in [4.69, 9.17) is 9.84 Å². The molecule has 0 aliphatic carbocycles. The summed E-state index contributed by atoms with van der Waals surface area (Å²) in [6.07, 6.45) is 0.996. The predicted octanol–water partition coefficient (Wildman–Crippen LogP) is 3.79. The molecule has 2 rings (SSSR count). The minimum atomic E-state index is -0.913. The second-order valence-corrected chi connectivity index (χ2v) is 4.73. The fourth-order valence-electron chi connectivity index (χ4n) is 1.86. The van der Waals surface area contributed by atoms with Gasteiger partial charge < -0.3 is 15.2 Å². The standard InChI is InChI=1S/C17H19NO3/c1-2-11-21-16-9-3-13(4-10-16)12-18-15-7-5-14(6-8-15)17(19)20/h3-10,18H,2,11-12H2,1H3,(H,19,20). The number of aromatic carboxylic acids is 1. The molecule has 0 unspecified atom stereocenters. The maximum atomic E-state index is 10.8. The van der Waals surface area contributed by atoms with Gasteiger partial charge in [-0.2, -0.15) is 0 Å². The molecule has 0 atom stereocenters. The van der Waals surface area contributed by atoms with Crippen LogP contribution in [-0.4, -0.2) is 17.7 Å². The number of rotatable bonds is 7. The summed E-state index contributed by atoms with van der Waals surface area (Å²) in [5.74, 6) is -0.0318. The van der Waals surface area contributed by atoms with Gasteiger partial charge >= 0.3 is 5.97 Å². The second kappa shape index (κ2) is 7.33. The fourth-order valence-corrected chi connectivity index (χ4v) is 1.86. The molecule has 2 aromatic rings. The van der Waals surface area contributed by atoms with Crippen molar-refractivity contribution in [2.24, 2.45) is 0 Å². The molecule has 2 aromatic carbocycles. The molecule has 0 aliphatic heterocycles. The van der Waals surface area contributed by atoms with Crippen molar-refractivity contribution in [3.63, 3.8) is 0 Å². The van der Waals surface area contributed by atoms with Crippen LogP contribution < -0.4 is 10.1 Å². The Balaban J connectivity index is 1.88. The van der Waals surface area contributed by atoms with E-state index in [-0.39, 0.29) is 5.56 Å². The number of hydrogen-bond donors (Lipinski definition) is 2. The van der Waals surface area contributed by atoms with Gasteiger partial charge in [-0.15, -0.1) is 0 Å². The van der Waals surface area contributed by atoms with Gasteiger partial charge in [0, 0.05) is 12.2 Å². The number of carbonyl (C=O) groups is 1. The molecule has 110 valence electrons. The van der Waals surface area contributed by atoms with Crippen LogP contribution in [0.4, 0.5) is 5.69 Å². The average molecular weight is 285 g/mol. The number of carboxylic acid groups (broad SMARTS) is 1. The first kappa shape index (κ1) is 14.9. The van der Waals surface area contributed by atoms with Crippen molar-refractivity contribution in [2.75, 3.05) is 11.9 Å². The highest BCUT2D eigenvalue weighted by Gasteiger charge is 2.01. The molecule has 0 aromatic heterocycles. The van der Waals surface area contributed by atoms with Gasteiger partial charge in [-0.3, -0.25) is 0 Å². The van der Waals surface area contributed by atoms with E-state index in [1.54, 1.807) is 24.3 Å². The summed E-state index contributed by atoms with van der Waals surface area (Å²) in [6, 6.07) is 14.7. The van der Waals surface area contributed by atoms with Crippen molar-refractivity contribution in [1.82, 2.24) is 0 Å². The summed E-state index contributed by atoms with van der Waals surface area (Å²) in [6.45, 7) is 3.49. The van der Waals surface area contributed by atoms with Crippen LogP contribution in [0.25, 0.3) is 0 Å². The molecule has 0 bridgehead atoms.